The first-order valence-electron chi connectivity index (χ1n) is 14.2. The first-order chi connectivity index (χ1) is 18.3. The van der Waals surface area contributed by atoms with Gasteiger partial charge in [-0.1, -0.05) is 48.0 Å². The van der Waals surface area contributed by atoms with Crippen LogP contribution in [0.2, 0.25) is 0 Å². The summed E-state index contributed by atoms with van der Waals surface area (Å²) in [5.41, 5.74) is 5.35. The van der Waals surface area contributed by atoms with Crippen LogP contribution in [0, 0.1) is 23.7 Å². The van der Waals surface area contributed by atoms with Gasteiger partial charge in [0.25, 0.3) is 5.91 Å². The van der Waals surface area contributed by atoms with E-state index in [2.05, 4.69) is 48.9 Å². The lowest BCUT2D eigenvalue weighted by Crippen LogP contribution is -2.52. The Labute approximate surface area is 231 Å². The van der Waals surface area contributed by atoms with Gasteiger partial charge in [-0.25, -0.2) is 9.67 Å². The zero-order chi connectivity index (χ0) is 28.3. The number of dihydropyridines is 1. The minimum absolute atomic E-state index is 0.138. The van der Waals surface area contributed by atoms with Crippen molar-refractivity contribution in [3.05, 3.63) is 46.4 Å². The fraction of sp³-hybridized carbons (Fsp3) is 0.581. The summed E-state index contributed by atoms with van der Waals surface area (Å²) in [5.74, 6) is -0.313. The third-order valence-electron chi connectivity index (χ3n) is 8.12. The number of piperazine rings is 1. The smallest absolute Gasteiger partial charge is 0.259 e. The van der Waals surface area contributed by atoms with Gasteiger partial charge in [0.1, 0.15) is 5.92 Å². The molecule has 1 fully saturated rings. The lowest BCUT2D eigenvalue weighted by molar-refractivity contribution is -0.141. The molecule has 1 atom stereocenters. The van der Waals surface area contributed by atoms with E-state index in [9.17, 15) is 14.4 Å². The molecule has 4 aliphatic rings. The first-order valence-corrected chi connectivity index (χ1v) is 14.2. The molecule has 8 nitrogen and oxygen atoms in total. The van der Waals surface area contributed by atoms with Crippen molar-refractivity contribution in [2.75, 3.05) is 26.2 Å². The Morgan fingerprint density at radius 1 is 1.05 bits per heavy atom. The van der Waals surface area contributed by atoms with E-state index >= 15 is 0 Å². The van der Waals surface area contributed by atoms with Crippen LogP contribution < -0.4 is 0 Å². The monoisotopic (exact) mass is 531 g/mol. The molecule has 0 bridgehead atoms. The number of carbonyl (C=O) groups is 3. The second-order valence-corrected chi connectivity index (χ2v) is 13.2. The van der Waals surface area contributed by atoms with Crippen molar-refractivity contribution in [2.24, 2.45) is 21.7 Å². The number of nitrogens with zero attached hydrogens (tertiary/aromatic N) is 5. The summed E-state index contributed by atoms with van der Waals surface area (Å²) in [5, 5.41) is 4.85. The third kappa shape index (κ3) is 5.06. The summed E-state index contributed by atoms with van der Waals surface area (Å²) in [6.45, 7) is 16.6. The largest absolute Gasteiger partial charge is 0.370 e. The molecule has 1 aromatic rings. The van der Waals surface area contributed by atoms with Crippen molar-refractivity contribution >= 4 is 29.0 Å². The lowest BCUT2D eigenvalue weighted by Gasteiger charge is -2.42. The van der Waals surface area contributed by atoms with Gasteiger partial charge in [-0.05, 0) is 49.0 Å². The highest BCUT2D eigenvalue weighted by Gasteiger charge is 2.40. The second-order valence-electron chi connectivity index (χ2n) is 13.2. The minimum atomic E-state index is -0.468. The molecule has 208 valence electrons. The summed E-state index contributed by atoms with van der Waals surface area (Å²) < 4.78 is 1.93. The van der Waals surface area contributed by atoms with Crippen LogP contribution in [-0.2, 0) is 16.0 Å². The zero-order valence-corrected chi connectivity index (χ0v) is 24.4. The van der Waals surface area contributed by atoms with E-state index < -0.39 is 11.3 Å². The highest BCUT2D eigenvalue weighted by atomic mass is 16.2. The van der Waals surface area contributed by atoms with Crippen LogP contribution in [0.3, 0.4) is 0 Å². The molecule has 1 aromatic heterocycles. The average molecular weight is 532 g/mol. The van der Waals surface area contributed by atoms with Crippen molar-refractivity contribution in [3.8, 4) is 0 Å². The normalized spacial score (nSPS) is 23.0. The number of hydrogen-bond acceptors (Lipinski definition) is 5. The van der Waals surface area contributed by atoms with Gasteiger partial charge in [0.2, 0.25) is 5.91 Å². The molecule has 1 unspecified atom stereocenters. The van der Waals surface area contributed by atoms with Gasteiger partial charge in [0.15, 0.2) is 5.78 Å². The average Bonchev–Trinajstić information content (AvgIpc) is 3.17. The standard InChI is InChI=1S/C31H41N5O3/c1-8-9-21-14-20-15-22(36-24-17-31(6,7)18-25(37)26(24)19(2)33-36)16-23(27(20)28(38)32-21)34-10-12-35(13-11-34)29(39)30(3,4)5/h14-16,27H,8-13,17-18H2,1-7H3. The Hall–Kier alpha value is -3.29. The van der Waals surface area contributed by atoms with Gasteiger partial charge in [0, 0.05) is 49.4 Å². The van der Waals surface area contributed by atoms with Gasteiger partial charge in [-0.15, -0.1) is 0 Å². The van der Waals surface area contributed by atoms with Gasteiger partial charge < -0.3 is 9.80 Å². The quantitative estimate of drug-likeness (QED) is 0.567. The molecule has 0 N–H and O–H groups in total. The van der Waals surface area contributed by atoms with E-state index in [0.29, 0.717) is 32.6 Å². The summed E-state index contributed by atoms with van der Waals surface area (Å²) in [6.07, 6.45) is 9.09. The van der Waals surface area contributed by atoms with E-state index in [-0.39, 0.29) is 23.0 Å². The summed E-state index contributed by atoms with van der Waals surface area (Å²) in [4.78, 5) is 48.0. The van der Waals surface area contributed by atoms with E-state index in [1.165, 1.54) is 0 Å². The minimum Gasteiger partial charge on any atom is -0.370 e. The molecule has 39 heavy (non-hydrogen) atoms. The van der Waals surface area contributed by atoms with Crippen molar-refractivity contribution < 1.29 is 14.4 Å². The Balaban J connectivity index is 1.55. The van der Waals surface area contributed by atoms with Crippen LogP contribution >= 0.6 is 0 Å². The Morgan fingerprint density at radius 3 is 2.38 bits per heavy atom. The number of hydrogen-bond donors (Lipinski definition) is 0. The summed E-state index contributed by atoms with van der Waals surface area (Å²) in [6, 6.07) is 0. The molecule has 0 radical (unpaired) electrons. The number of aromatic nitrogens is 2. The maximum Gasteiger partial charge on any atom is 0.259 e. The number of allylic oxidation sites excluding steroid dienone is 4. The lowest BCUT2D eigenvalue weighted by atomic mass is 9.75. The fourth-order valence-electron chi connectivity index (χ4n) is 6.30. The molecule has 0 aromatic carbocycles. The topological polar surface area (TPSA) is 87.9 Å². The van der Waals surface area contributed by atoms with Crippen molar-refractivity contribution in [3.63, 3.8) is 0 Å². The maximum absolute atomic E-state index is 13.4. The molecular formula is C31H41N5O3. The highest BCUT2D eigenvalue weighted by Crippen LogP contribution is 2.40. The van der Waals surface area contributed by atoms with Gasteiger partial charge in [-0.2, -0.15) is 5.10 Å². The molecular weight excluding hydrogens is 490 g/mol. The van der Waals surface area contributed by atoms with E-state index in [4.69, 9.17) is 5.10 Å². The van der Waals surface area contributed by atoms with Crippen LogP contribution in [0.25, 0.3) is 5.70 Å². The molecule has 0 spiro atoms. The van der Waals surface area contributed by atoms with Crippen LogP contribution in [0.1, 0.15) is 82.6 Å². The third-order valence-corrected chi connectivity index (χ3v) is 8.12. The van der Waals surface area contributed by atoms with Crippen LogP contribution in [-0.4, -0.2) is 69.1 Å². The first kappa shape index (κ1) is 27.3. The molecule has 3 heterocycles. The molecule has 2 amide bonds. The molecule has 2 aliphatic heterocycles. The SMILES string of the molecule is CCCC1=NC(=O)C2C(=C1)C=C(n1nc(C)c3c1CC(C)(C)CC3=O)C=C2N1CCN(C(=O)C(C)(C)C)CC1. The van der Waals surface area contributed by atoms with E-state index in [0.717, 1.165) is 58.9 Å². The molecule has 2 aliphatic carbocycles. The van der Waals surface area contributed by atoms with Gasteiger partial charge >= 0.3 is 0 Å². The molecule has 8 heteroatoms. The molecule has 1 saturated heterocycles. The summed E-state index contributed by atoms with van der Waals surface area (Å²) in [7, 11) is 0. The number of ketones is 1. The highest BCUT2D eigenvalue weighted by molar-refractivity contribution is 6.09. The predicted molar refractivity (Wildman–Crippen MR) is 152 cm³/mol. The Kier molecular flexibility index (Phi) is 6.80. The second kappa shape index (κ2) is 9.72. The number of aryl methyl sites for hydroxylation is 1. The number of aliphatic imine (C=N–C) groups is 1. The van der Waals surface area contributed by atoms with Crippen LogP contribution in [0.4, 0.5) is 0 Å². The van der Waals surface area contributed by atoms with Crippen molar-refractivity contribution in [1.29, 1.82) is 0 Å². The predicted octanol–water partition coefficient (Wildman–Crippen LogP) is 4.60. The van der Waals surface area contributed by atoms with Crippen LogP contribution in [0.5, 0.6) is 0 Å². The zero-order valence-electron chi connectivity index (χ0n) is 24.4. The number of carbonyl (C=O) groups excluding carboxylic acids is 3. The van der Waals surface area contributed by atoms with E-state index in [1.807, 2.05) is 37.3 Å². The van der Waals surface area contributed by atoms with Crippen molar-refractivity contribution in [2.45, 2.75) is 74.1 Å². The van der Waals surface area contributed by atoms with E-state index in [1.54, 1.807) is 0 Å². The van der Waals surface area contributed by atoms with Gasteiger partial charge in [0.05, 0.1) is 22.6 Å². The summed E-state index contributed by atoms with van der Waals surface area (Å²) >= 11 is 0. The van der Waals surface area contributed by atoms with Crippen molar-refractivity contribution in [1.82, 2.24) is 19.6 Å². The Morgan fingerprint density at radius 2 is 1.74 bits per heavy atom. The number of amides is 2. The molecule has 0 saturated carbocycles. The van der Waals surface area contributed by atoms with Gasteiger partial charge in [-0.3, -0.25) is 14.4 Å². The fourth-order valence-corrected chi connectivity index (χ4v) is 6.30. The number of fused-ring (bicyclic) bond motifs is 2. The maximum atomic E-state index is 13.4. The number of rotatable bonds is 4. The Bertz CT molecular complexity index is 1360. The van der Waals surface area contributed by atoms with Crippen LogP contribution in [0.15, 0.2) is 34.5 Å². The number of Topliss-reactive ketones (excluding diaryl/α,β-unsaturated/α-hetero) is 1. The molecule has 5 rings (SSSR count).